The predicted octanol–water partition coefficient (Wildman–Crippen LogP) is 6.91. The highest BCUT2D eigenvalue weighted by atomic mass is 35.5. The molecule has 0 saturated heterocycles. The Bertz CT molecular complexity index is 1280. The number of halogens is 1. The molecule has 1 atom stereocenters. The van der Waals surface area contributed by atoms with Gasteiger partial charge in [0.05, 0.1) is 12.4 Å². The molecule has 0 aliphatic rings. The lowest BCUT2D eigenvalue weighted by Gasteiger charge is -2.20. The molecule has 4 heteroatoms. The van der Waals surface area contributed by atoms with E-state index in [9.17, 15) is 0 Å². The molecule has 0 radical (unpaired) electrons. The number of benzene rings is 4. The second kappa shape index (κ2) is 8.66. The Morgan fingerprint density at radius 3 is 2.29 bits per heavy atom. The molecule has 31 heavy (non-hydrogen) atoms. The van der Waals surface area contributed by atoms with Crippen molar-refractivity contribution >= 4 is 22.4 Å². The van der Waals surface area contributed by atoms with Gasteiger partial charge in [0.15, 0.2) is 0 Å². The minimum atomic E-state index is 0.0393. The van der Waals surface area contributed by atoms with E-state index in [1.807, 2.05) is 55.1 Å². The fourth-order valence-corrected chi connectivity index (χ4v) is 3.96. The number of rotatable bonds is 6. The molecule has 0 fully saturated rings. The highest BCUT2D eigenvalue weighted by Crippen LogP contribution is 2.30. The Labute approximate surface area is 186 Å². The number of nitrogens with zero attached hydrogens (tertiary/aromatic N) is 2. The Morgan fingerprint density at radius 2 is 1.55 bits per heavy atom. The van der Waals surface area contributed by atoms with Crippen LogP contribution in [0.4, 0.5) is 0 Å². The first-order valence-corrected chi connectivity index (χ1v) is 10.6. The molecule has 1 aromatic heterocycles. The fourth-order valence-electron chi connectivity index (χ4n) is 3.83. The standard InChI is InChI=1S/C27H21ClN2O/c28-25-11-5-20(6-12-25)18-31-26-13-9-22(10-14-26)27(30-16-15-29-19-30)24-8-7-21-3-1-2-4-23(21)17-24/h1-17,19,27H,18H2. The van der Waals surface area contributed by atoms with Gasteiger partial charge in [-0.3, -0.25) is 0 Å². The molecule has 0 aliphatic heterocycles. The molecule has 4 aromatic carbocycles. The first-order chi connectivity index (χ1) is 15.3. The van der Waals surface area contributed by atoms with Gasteiger partial charge in [-0.2, -0.15) is 0 Å². The monoisotopic (exact) mass is 424 g/mol. The van der Waals surface area contributed by atoms with Crippen LogP contribution in [0.2, 0.25) is 5.02 Å². The molecule has 152 valence electrons. The molecule has 5 aromatic rings. The van der Waals surface area contributed by atoms with Gasteiger partial charge in [0.25, 0.3) is 0 Å². The van der Waals surface area contributed by atoms with Gasteiger partial charge in [0.1, 0.15) is 12.4 Å². The van der Waals surface area contributed by atoms with Crippen LogP contribution in [0.3, 0.4) is 0 Å². The van der Waals surface area contributed by atoms with Crippen LogP contribution in [-0.4, -0.2) is 9.55 Å². The van der Waals surface area contributed by atoms with Crippen LogP contribution in [0.1, 0.15) is 22.7 Å². The number of aromatic nitrogens is 2. The summed E-state index contributed by atoms with van der Waals surface area (Å²) in [5.41, 5.74) is 3.47. The normalized spacial score (nSPS) is 12.0. The second-order valence-corrected chi connectivity index (χ2v) is 7.94. The zero-order valence-corrected chi connectivity index (χ0v) is 17.6. The summed E-state index contributed by atoms with van der Waals surface area (Å²) in [6.07, 6.45) is 5.69. The summed E-state index contributed by atoms with van der Waals surface area (Å²) < 4.78 is 8.09. The lowest BCUT2D eigenvalue weighted by Crippen LogP contribution is -2.10. The highest BCUT2D eigenvalue weighted by Gasteiger charge is 2.16. The van der Waals surface area contributed by atoms with Crippen molar-refractivity contribution in [2.24, 2.45) is 0 Å². The number of hydrogen-bond acceptors (Lipinski definition) is 2. The fraction of sp³-hybridized carbons (Fsp3) is 0.0741. The third kappa shape index (κ3) is 4.32. The molecule has 5 rings (SSSR count). The van der Waals surface area contributed by atoms with Crippen molar-refractivity contribution in [3.63, 3.8) is 0 Å². The maximum Gasteiger partial charge on any atom is 0.119 e. The summed E-state index contributed by atoms with van der Waals surface area (Å²) in [7, 11) is 0. The van der Waals surface area contributed by atoms with Crippen molar-refractivity contribution < 1.29 is 4.74 Å². The topological polar surface area (TPSA) is 27.1 Å². The van der Waals surface area contributed by atoms with Crippen molar-refractivity contribution in [2.75, 3.05) is 0 Å². The number of hydrogen-bond donors (Lipinski definition) is 0. The van der Waals surface area contributed by atoms with E-state index in [0.717, 1.165) is 16.3 Å². The number of ether oxygens (including phenoxy) is 1. The summed E-state index contributed by atoms with van der Waals surface area (Å²) in [6, 6.07) is 31.1. The van der Waals surface area contributed by atoms with Gasteiger partial charge < -0.3 is 9.30 Å². The van der Waals surface area contributed by atoms with Crippen molar-refractivity contribution in [3.05, 3.63) is 131 Å². The quantitative estimate of drug-likeness (QED) is 0.296. The molecule has 0 saturated carbocycles. The molecule has 1 heterocycles. The number of imidazole rings is 1. The Kier molecular flexibility index (Phi) is 5.42. The highest BCUT2D eigenvalue weighted by molar-refractivity contribution is 6.30. The summed E-state index contributed by atoms with van der Waals surface area (Å²) in [5, 5.41) is 3.20. The molecule has 3 nitrogen and oxygen atoms in total. The van der Waals surface area contributed by atoms with Crippen LogP contribution in [0.25, 0.3) is 10.8 Å². The first-order valence-electron chi connectivity index (χ1n) is 10.2. The third-order valence-corrected chi connectivity index (χ3v) is 5.68. The van der Waals surface area contributed by atoms with Crippen molar-refractivity contribution in [3.8, 4) is 5.75 Å². The molecule has 0 spiro atoms. The lowest BCUT2D eigenvalue weighted by atomic mass is 9.96. The third-order valence-electron chi connectivity index (χ3n) is 5.43. The van der Waals surface area contributed by atoms with E-state index in [-0.39, 0.29) is 6.04 Å². The van der Waals surface area contributed by atoms with Gasteiger partial charge in [-0.15, -0.1) is 0 Å². The second-order valence-electron chi connectivity index (χ2n) is 7.50. The van der Waals surface area contributed by atoms with E-state index in [0.29, 0.717) is 6.61 Å². The van der Waals surface area contributed by atoms with E-state index in [1.54, 1.807) is 0 Å². The zero-order chi connectivity index (χ0) is 21.0. The minimum Gasteiger partial charge on any atom is -0.489 e. The maximum absolute atomic E-state index is 5.96. The average molecular weight is 425 g/mol. The largest absolute Gasteiger partial charge is 0.489 e. The van der Waals surface area contributed by atoms with Gasteiger partial charge in [0.2, 0.25) is 0 Å². The van der Waals surface area contributed by atoms with Gasteiger partial charge in [-0.1, -0.05) is 72.3 Å². The van der Waals surface area contributed by atoms with Gasteiger partial charge in [-0.25, -0.2) is 4.98 Å². The van der Waals surface area contributed by atoms with Crippen LogP contribution in [0.5, 0.6) is 5.75 Å². The van der Waals surface area contributed by atoms with Gasteiger partial charge >= 0.3 is 0 Å². The Hall–Kier alpha value is -3.56. The summed E-state index contributed by atoms with van der Waals surface area (Å²) in [5.74, 6) is 0.835. The zero-order valence-electron chi connectivity index (χ0n) is 16.9. The molecule has 0 aliphatic carbocycles. The summed E-state index contributed by atoms with van der Waals surface area (Å²) >= 11 is 5.95. The minimum absolute atomic E-state index is 0.0393. The molecule has 0 bridgehead atoms. The van der Waals surface area contributed by atoms with E-state index in [4.69, 9.17) is 16.3 Å². The smallest absolute Gasteiger partial charge is 0.119 e. The van der Waals surface area contributed by atoms with E-state index in [1.165, 1.54) is 21.9 Å². The lowest BCUT2D eigenvalue weighted by molar-refractivity contribution is 0.306. The van der Waals surface area contributed by atoms with E-state index in [2.05, 4.69) is 64.1 Å². The van der Waals surface area contributed by atoms with Crippen molar-refractivity contribution in [2.45, 2.75) is 12.6 Å². The average Bonchev–Trinajstić information content (AvgIpc) is 3.34. The first kappa shape index (κ1) is 19.4. The van der Waals surface area contributed by atoms with Crippen LogP contribution in [0.15, 0.2) is 110 Å². The molecule has 0 amide bonds. The number of fused-ring (bicyclic) bond motifs is 1. The Balaban J connectivity index is 1.42. The van der Waals surface area contributed by atoms with E-state index >= 15 is 0 Å². The Morgan fingerprint density at radius 1 is 0.806 bits per heavy atom. The van der Waals surface area contributed by atoms with Crippen LogP contribution < -0.4 is 4.74 Å². The van der Waals surface area contributed by atoms with Gasteiger partial charge in [0, 0.05) is 17.4 Å². The van der Waals surface area contributed by atoms with Crippen LogP contribution >= 0.6 is 11.6 Å². The molecule has 0 N–H and O–H groups in total. The molecule has 1 unspecified atom stereocenters. The SMILES string of the molecule is Clc1ccc(COc2ccc(C(c3ccc4ccccc4c3)n3ccnc3)cc2)cc1. The maximum atomic E-state index is 5.96. The van der Waals surface area contributed by atoms with Gasteiger partial charge in [-0.05, 0) is 57.8 Å². The van der Waals surface area contributed by atoms with Crippen molar-refractivity contribution in [1.82, 2.24) is 9.55 Å². The van der Waals surface area contributed by atoms with Crippen molar-refractivity contribution in [1.29, 1.82) is 0 Å². The molecular weight excluding hydrogens is 404 g/mol. The van der Waals surface area contributed by atoms with E-state index < -0.39 is 0 Å². The van der Waals surface area contributed by atoms with Crippen LogP contribution in [0, 0.1) is 0 Å². The van der Waals surface area contributed by atoms with Crippen LogP contribution in [-0.2, 0) is 6.61 Å². The molecular formula is C27H21ClN2O. The summed E-state index contributed by atoms with van der Waals surface area (Å²) in [4.78, 5) is 4.27. The summed E-state index contributed by atoms with van der Waals surface area (Å²) in [6.45, 7) is 0.506. The predicted molar refractivity (Wildman–Crippen MR) is 126 cm³/mol.